The molecule has 4 nitrogen and oxygen atoms in total. The second-order valence-corrected chi connectivity index (χ2v) is 5.25. The summed E-state index contributed by atoms with van der Waals surface area (Å²) < 4.78 is 5.73. The Morgan fingerprint density at radius 2 is 1.73 bits per heavy atom. The fourth-order valence-electron chi connectivity index (χ4n) is 1.94. The van der Waals surface area contributed by atoms with Crippen molar-refractivity contribution in [1.82, 2.24) is 4.90 Å². The Morgan fingerprint density at radius 1 is 1.05 bits per heavy atom. The SMILES string of the molecule is CN(C)C(=O)CNc1ccc(OCCc2ccccc2)cc1. The highest BCUT2D eigenvalue weighted by Crippen LogP contribution is 2.16. The van der Waals surface area contributed by atoms with Crippen LogP contribution in [0.2, 0.25) is 0 Å². The fraction of sp³-hybridized carbons (Fsp3) is 0.278. The molecule has 0 saturated heterocycles. The van der Waals surface area contributed by atoms with E-state index in [2.05, 4.69) is 17.4 Å². The summed E-state index contributed by atoms with van der Waals surface area (Å²) in [7, 11) is 3.49. The minimum Gasteiger partial charge on any atom is -0.493 e. The molecule has 1 N–H and O–H groups in total. The topological polar surface area (TPSA) is 41.6 Å². The lowest BCUT2D eigenvalue weighted by atomic mass is 10.2. The monoisotopic (exact) mass is 298 g/mol. The normalized spacial score (nSPS) is 10.1. The van der Waals surface area contributed by atoms with Gasteiger partial charge in [-0.05, 0) is 29.8 Å². The number of ether oxygens (including phenoxy) is 1. The molecule has 0 heterocycles. The highest BCUT2D eigenvalue weighted by atomic mass is 16.5. The van der Waals surface area contributed by atoms with Crippen molar-refractivity contribution in [3.8, 4) is 5.75 Å². The second kappa shape index (κ2) is 8.08. The fourth-order valence-corrected chi connectivity index (χ4v) is 1.94. The zero-order valence-corrected chi connectivity index (χ0v) is 13.1. The summed E-state index contributed by atoms with van der Waals surface area (Å²) in [6.45, 7) is 0.942. The lowest BCUT2D eigenvalue weighted by Crippen LogP contribution is -2.28. The summed E-state index contributed by atoms with van der Waals surface area (Å²) in [6.07, 6.45) is 0.887. The van der Waals surface area contributed by atoms with E-state index in [0.717, 1.165) is 17.9 Å². The molecular formula is C18H22N2O2. The van der Waals surface area contributed by atoms with Crippen LogP contribution in [0.1, 0.15) is 5.56 Å². The van der Waals surface area contributed by atoms with Crippen LogP contribution >= 0.6 is 0 Å². The Morgan fingerprint density at radius 3 is 2.36 bits per heavy atom. The van der Waals surface area contributed by atoms with Crippen molar-refractivity contribution >= 4 is 11.6 Å². The third kappa shape index (κ3) is 5.13. The number of anilines is 1. The van der Waals surface area contributed by atoms with Gasteiger partial charge < -0.3 is 15.0 Å². The predicted octanol–water partition coefficient (Wildman–Crippen LogP) is 2.81. The van der Waals surface area contributed by atoms with E-state index in [9.17, 15) is 4.79 Å². The van der Waals surface area contributed by atoms with Gasteiger partial charge in [-0.2, -0.15) is 0 Å². The van der Waals surface area contributed by atoms with Crippen molar-refractivity contribution in [2.45, 2.75) is 6.42 Å². The first-order chi connectivity index (χ1) is 10.6. The summed E-state index contributed by atoms with van der Waals surface area (Å²) in [4.78, 5) is 13.1. The van der Waals surface area contributed by atoms with Crippen LogP contribution in [0.4, 0.5) is 5.69 Å². The minimum atomic E-state index is 0.0446. The molecule has 0 aliphatic rings. The Hall–Kier alpha value is -2.49. The zero-order valence-electron chi connectivity index (χ0n) is 13.1. The summed E-state index contributed by atoms with van der Waals surface area (Å²) in [5.74, 6) is 0.878. The van der Waals surface area contributed by atoms with Crippen LogP contribution in [0, 0.1) is 0 Å². The smallest absolute Gasteiger partial charge is 0.241 e. The van der Waals surface area contributed by atoms with E-state index in [1.165, 1.54) is 5.56 Å². The standard InChI is InChI=1S/C18H22N2O2/c1-20(2)18(21)14-19-16-8-10-17(11-9-16)22-13-12-15-6-4-3-5-7-15/h3-11,19H,12-14H2,1-2H3. The number of amides is 1. The van der Waals surface area contributed by atoms with Gasteiger partial charge in [0.15, 0.2) is 0 Å². The average molecular weight is 298 g/mol. The van der Waals surface area contributed by atoms with Crippen molar-refractivity contribution in [1.29, 1.82) is 0 Å². The molecule has 116 valence electrons. The summed E-state index contributed by atoms with van der Waals surface area (Å²) >= 11 is 0. The second-order valence-electron chi connectivity index (χ2n) is 5.25. The number of likely N-dealkylation sites (N-methyl/N-ethyl adjacent to an activating group) is 1. The number of benzene rings is 2. The molecule has 0 atom stereocenters. The van der Waals surface area contributed by atoms with Gasteiger partial charge in [0.1, 0.15) is 5.75 Å². The van der Waals surface area contributed by atoms with Crippen LogP contribution in [0.25, 0.3) is 0 Å². The van der Waals surface area contributed by atoms with Crippen molar-refractivity contribution in [3.05, 3.63) is 60.2 Å². The van der Waals surface area contributed by atoms with Crippen molar-refractivity contribution in [2.24, 2.45) is 0 Å². The van der Waals surface area contributed by atoms with E-state index in [-0.39, 0.29) is 5.91 Å². The lowest BCUT2D eigenvalue weighted by Gasteiger charge is -2.12. The van der Waals surface area contributed by atoms with Crippen LogP contribution in [0.5, 0.6) is 5.75 Å². The van der Waals surface area contributed by atoms with Crippen molar-refractivity contribution in [3.63, 3.8) is 0 Å². The number of carbonyl (C=O) groups is 1. The number of carbonyl (C=O) groups excluding carboxylic acids is 1. The number of hydrogen-bond acceptors (Lipinski definition) is 3. The van der Waals surface area contributed by atoms with E-state index in [1.54, 1.807) is 19.0 Å². The number of nitrogens with one attached hydrogen (secondary N) is 1. The third-order valence-corrected chi connectivity index (χ3v) is 3.30. The summed E-state index contributed by atoms with van der Waals surface area (Å²) in [5.41, 5.74) is 2.17. The molecule has 0 radical (unpaired) electrons. The molecule has 1 amide bonds. The minimum absolute atomic E-state index is 0.0446. The van der Waals surface area contributed by atoms with E-state index < -0.39 is 0 Å². The molecule has 22 heavy (non-hydrogen) atoms. The molecule has 2 aromatic carbocycles. The third-order valence-electron chi connectivity index (χ3n) is 3.30. The highest BCUT2D eigenvalue weighted by Gasteiger charge is 2.03. The molecule has 2 aromatic rings. The molecule has 0 unspecified atom stereocenters. The summed E-state index contributed by atoms with van der Waals surface area (Å²) in [6, 6.07) is 17.9. The quantitative estimate of drug-likeness (QED) is 0.854. The van der Waals surface area contributed by atoms with Gasteiger partial charge in [-0.3, -0.25) is 4.79 Å². The van der Waals surface area contributed by atoms with Crippen molar-refractivity contribution < 1.29 is 9.53 Å². The van der Waals surface area contributed by atoms with Crippen molar-refractivity contribution in [2.75, 3.05) is 32.6 Å². The Labute approximate surface area is 131 Å². The van der Waals surface area contributed by atoms with E-state index in [0.29, 0.717) is 13.2 Å². The molecular weight excluding hydrogens is 276 g/mol. The van der Waals surface area contributed by atoms with Gasteiger partial charge >= 0.3 is 0 Å². The maximum Gasteiger partial charge on any atom is 0.241 e. The van der Waals surface area contributed by atoms with Gasteiger partial charge in [0.25, 0.3) is 0 Å². The molecule has 4 heteroatoms. The van der Waals surface area contributed by atoms with E-state index >= 15 is 0 Å². The highest BCUT2D eigenvalue weighted by molar-refractivity contribution is 5.80. The molecule has 0 aromatic heterocycles. The zero-order chi connectivity index (χ0) is 15.8. The molecule has 2 rings (SSSR count). The van der Waals surface area contributed by atoms with Crippen LogP contribution in [0.15, 0.2) is 54.6 Å². The van der Waals surface area contributed by atoms with Crippen LogP contribution < -0.4 is 10.1 Å². The largest absolute Gasteiger partial charge is 0.493 e. The molecule has 0 spiro atoms. The van der Waals surface area contributed by atoms with Crippen LogP contribution in [0.3, 0.4) is 0 Å². The first-order valence-corrected chi connectivity index (χ1v) is 7.36. The Bertz CT molecular complexity index is 580. The molecule has 0 bridgehead atoms. The molecule has 0 saturated carbocycles. The first kappa shape index (κ1) is 15.9. The van der Waals surface area contributed by atoms with Gasteiger partial charge in [0.2, 0.25) is 5.91 Å². The molecule has 0 aliphatic heterocycles. The van der Waals surface area contributed by atoms with Gasteiger partial charge in [-0.15, -0.1) is 0 Å². The Balaban J connectivity index is 1.76. The average Bonchev–Trinajstić information content (AvgIpc) is 2.54. The van der Waals surface area contributed by atoms with Gasteiger partial charge in [-0.25, -0.2) is 0 Å². The van der Waals surface area contributed by atoms with Gasteiger partial charge in [0, 0.05) is 26.2 Å². The number of rotatable bonds is 7. The molecule has 0 aliphatic carbocycles. The van der Waals surface area contributed by atoms with Crippen LogP contribution in [-0.4, -0.2) is 38.1 Å². The van der Waals surface area contributed by atoms with Crippen LogP contribution in [-0.2, 0) is 11.2 Å². The van der Waals surface area contributed by atoms with E-state index in [4.69, 9.17) is 4.74 Å². The maximum absolute atomic E-state index is 11.5. The van der Waals surface area contributed by atoms with Gasteiger partial charge in [-0.1, -0.05) is 30.3 Å². The lowest BCUT2D eigenvalue weighted by molar-refractivity contribution is -0.126. The number of hydrogen-bond donors (Lipinski definition) is 1. The predicted molar refractivity (Wildman–Crippen MR) is 89.3 cm³/mol. The molecule has 0 fully saturated rings. The Kier molecular flexibility index (Phi) is 5.83. The summed E-state index contributed by atoms with van der Waals surface area (Å²) in [5, 5.41) is 3.09. The first-order valence-electron chi connectivity index (χ1n) is 7.36. The maximum atomic E-state index is 11.5. The number of nitrogens with zero attached hydrogens (tertiary/aromatic N) is 1. The van der Waals surface area contributed by atoms with Gasteiger partial charge in [0.05, 0.1) is 13.2 Å². The van der Waals surface area contributed by atoms with E-state index in [1.807, 2.05) is 42.5 Å².